The van der Waals surface area contributed by atoms with E-state index in [1.807, 2.05) is 5.10 Å². The molecule has 1 aromatic heterocycles. The second-order valence-corrected chi connectivity index (χ2v) is 9.65. The smallest absolute Gasteiger partial charge is 0.434 e. The van der Waals surface area contributed by atoms with Crippen molar-refractivity contribution in [3.63, 3.8) is 0 Å². The number of aromatic nitrogens is 2. The summed E-state index contributed by atoms with van der Waals surface area (Å²) in [5.74, 6) is -3.19. The molecule has 0 unspecified atom stereocenters. The third-order valence-electron chi connectivity index (χ3n) is 5.25. The Morgan fingerprint density at radius 2 is 1.94 bits per heavy atom. The van der Waals surface area contributed by atoms with Gasteiger partial charge in [0.15, 0.2) is 0 Å². The second kappa shape index (κ2) is 10.2. The van der Waals surface area contributed by atoms with Crippen molar-refractivity contribution in [2.45, 2.75) is 44.1 Å². The molecule has 3 aromatic rings. The van der Waals surface area contributed by atoms with E-state index in [4.69, 9.17) is 20.8 Å². The van der Waals surface area contributed by atoms with Crippen molar-refractivity contribution in [3.05, 3.63) is 74.3 Å². The number of nitrogens with one attached hydrogen (secondary N) is 2. The first-order valence-corrected chi connectivity index (χ1v) is 11.8. The highest BCUT2D eigenvalue weighted by Crippen LogP contribution is 2.36. The molecular weight excluding hydrogens is 499 g/mol. The number of sulfonamides is 1. The lowest BCUT2D eigenvalue weighted by atomic mass is 9.88. The van der Waals surface area contributed by atoms with Gasteiger partial charge in [0.2, 0.25) is 15.9 Å². The number of hydrogen-bond acceptors (Lipinski definition) is 6. The summed E-state index contributed by atoms with van der Waals surface area (Å²) >= 11 is 5.88. The number of nitrogens with zero attached hydrogens (tertiary/aromatic N) is 1. The minimum Gasteiger partial charge on any atom is -0.486 e. The van der Waals surface area contributed by atoms with Crippen molar-refractivity contribution in [3.8, 4) is 5.75 Å². The summed E-state index contributed by atoms with van der Waals surface area (Å²) in [5, 5.41) is 5.82. The highest BCUT2D eigenvalue weighted by molar-refractivity contribution is 7.89. The number of aromatic amines is 1. The fraction of sp³-hybridized carbons (Fsp3) is 0.333. The molecule has 0 fully saturated rings. The van der Waals surface area contributed by atoms with Crippen LogP contribution < -0.4 is 15.2 Å². The van der Waals surface area contributed by atoms with Gasteiger partial charge < -0.3 is 9.15 Å². The molecule has 0 saturated heterocycles. The minimum atomic E-state index is -4.50. The molecule has 0 amide bonds. The van der Waals surface area contributed by atoms with E-state index in [0.29, 0.717) is 5.56 Å². The van der Waals surface area contributed by atoms with Crippen molar-refractivity contribution >= 4 is 21.6 Å². The number of H-pyrrole nitrogens is 1. The third-order valence-corrected chi connectivity index (χ3v) is 6.97. The van der Waals surface area contributed by atoms with Crippen LogP contribution in [0.5, 0.6) is 5.75 Å². The van der Waals surface area contributed by atoms with Gasteiger partial charge in [-0.2, -0.15) is 4.72 Å². The monoisotopic (exact) mass is 519 g/mol. The first-order chi connectivity index (χ1) is 15.9. The van der Waals surface area contributed by atoms with Gasteiger partial charge in [-0.25, -0.2) is 31.5 Å². The van der Waals surface area contributed by atoms with Crippen LogP contribution in [0.25, 0.3) is 0 Å². The Labute approximate surface area is 198 Å². The lowest BCUT2D eigenvalue weighted by Gasteiger charge is -2.25. The third kappa shape index (κ3) is 5.62. The van der Waals surface area contributed by atoms with Crippen LogP contribution >= 0.6 is 11.6 Å². The predicted molar refractivity (Wildman–Crippen MR) is 117 cm³/mol. The molecule has 0 aliphatic carbocycles. The van der Waals surface area contributed by atoms with Crippen molar-refractivity contribution in [2.24, 2.45) is 0 Å². The maximum absolute atomic E-state index is 14.8. The van der Waals surface area contributed by atoms with E-state index in [-0.39, 0.29) is 16.5 Å². The molecular formula is C21H21ClF3N3O5S. The SMILES string of the molecule is Cc1ccc(F)c([C@@H](C)[C@H](NS(=O)(=O)c2ccc(Cl)cc2OCC(F)F)c2n[nH]c(=O)o2)c1C. The van der Waals surface area contributed by atoms with Crippen LogP contribution in [0.15, 0.2) is 44.4 Å². The first kappa shape index (κ1) is 25.8. The molecule has 0 aliphatic rings. The lowest BCUT2D eigenvalue weighted by Crippen LogP contribution is -2.33. The summed E-state index contributed by atoms with van der Waals surface area (Å²) < 4.78 is 79.0. The first-order valence-electron chi connectivity index (χ1n) is 9.94. The average molecular weight is 520 g/mol. The van der Waals surface area contributed by atoms with E-state index < -0.39 is 57.2 Å². The molecule has 2 atom stereocenters. The van der Waals surface area contributed by atoms with Crippen LogP contribution in [-0.2, 0) is 10.0 Å². The Morgan fingerprint density at radius 1 is 1.24 bits per heavy atom. The van der Waals surface area contributed by atoms with Crippen molar-refractivity contribution in [1.82, 2.24) is 14.9 Å². The van der Waals surface area contributed by atoms with Crippen molar-refractivity contribution < 1.29 is 30.7 Å². The number of rotatable bonds is 9. The maximum Gasteiger partial charge on any atom is 0.434 e. The van der Waals surface area contributed by atoms with Gasteiger partial charge in [-0.05, 0) is 48.7 Å². The summed E-state index contributed by atoms with van der Waals surface area (Å²) in [6, 6.07) is 4.87. The van der Waals surface area contributed by atoms with E-state index in [1.54, 1.807) is 19.9 Å². The molecule has 2 N–H and O–H groups in total. The zero-order valence-electron chi connectivity index (χ0n) is 18.2. The molecule has 8 nitrogen and oxygen atoms in total. The number of benzene rings is 2. The second-order valence-electron chi connectivity index (χ2n) is 7.54. The number of hydrogen-bond donors (Lipinski definition) is 2. The van der Waals surface area contributed by atoms with E-state index in [0.717, 1.165) is 17.7 Å². The number of ether oxygens (including phenoxy) is 1. The summed E-state index contributed by atoms with van der Waals surface area (Å²) in [4.78, 5) is 11.1. The lowest BCUT2D eigenvalue weighted by molar-refractivity contribution is 0.0804. The molecule has 184 valence electrons. The fourth-order valence-electron chi connectivity index (χ4n) is 3.47. The van der Waals surface area contributed by atoms with Gasteiger partial charge in [0.05, 0.1) is 0 Å². The van der Waals surface area contributed by atoms with E-state index in [2.05, 4.69) is 9.82 Å². The Bertz CT molecular complexity index is 1340. The van der Waals surface area contributed by atoms with Gasteiger partial charge in [0.25, 0.3) is 6.43 Å². The summed E-state index contributed by atoms with van der Waals surface area (Å²) in [6.45, 7) is 3.90. The van der Waals surface area contributed by atoms with Crippen LogP contribution in [0.4, 0.5) is 13.2 Å². The molecule has 0 radical (unpaired) electrons. The van der Waals surface area contributed by atoms with Gasteiger partial charge in [-0.1, -0.05) is 24.6 Å². The maximum atomic E-state index is 14.8. The number of aryl methyl sites for hydroxylation is 1. The van der Waals surface area contributed by atoms with Crippen LogP contribution in [-0.4, -0.2) is 31.6 Å². The standard InChI is InChI=1S/C21H21ClF3N3O5S/c1-10-4-6-14(23)18(11(10)2)12(3)19(20-26-27-21(29)33-20)28-34(30,31)16-7-5-13(22)8-15(16)32-9-17(24)25/h4-8,12,17,19,28H,9H2,1-3H3,(H,27,29)/t12-,19+/m1/s1. The van der Waals surface area contributed by atoms with E-state index >= 15 is 0 Å². The Hall–Kier alpha value is -2.83. The van der Waals surface area contributed by atoms with Crippen LogP contribution in [0.1, 0.15) is 41.5 Å². The van der Waals surface area contributed by atoms with Gasteiger partial charge in [-0.15, -0.1) is 5.10 Å². The number of halogens is 4. The molecule has 34 heavy (non-hydrogen) atoms. The summed E-state index contributed by atoms with van der Waals surface area (Å²) in [7, 11) is -4.50. The quantitative estimate of drug-likeness (QED) is 0.437. The van der Waals surface area contributed by atoms with E-state index in [9.17, 15) is 26.4 Å². The predicted octanol–water partition coefficient (Wildman–Crippen LogP) is 4.24. The average Bonchev–Trinajstić information content (AvgIpc) is 3.19. The Morgan fingerprint density at radius 3 is 2.56 bits per heavy atom. The fourth-order valence-corrected chi connectivity index (χ4v) is 5.03. The molecule has 0 bridgehead atoms. The van der Waals surface area contributed by atoms with Crippen LogP contribution in [0.2, 0.25) is 5.02 Å². The van der Waals surface area contributed by atoms with Crippen LogP contribution in [0, 0.1) is 19.7 Å². The topological polar surface area (TPSA) is 114 Å². The summed E-state index contributed by atoms with van der Waals surface area (Å²) in [6.07, 6.45) is -2.86. The van der Waals surface area contributed by atoms with Gasteiger partial charge >= 0.3 is 5.76 Å². The Kier molecular flexibility index (Phi) is 7.74. The van der Waals surface area contributed by atoms with Gasteiger partial charge in [-0.3, -0.25) is 0 Å². The van der Waals surface area contributed by atoms with Gasteiger partial charge in [0.1, 0.15) is 29.1 Å². The van der Waals surface area contributed by atoms with Crippen molar-refractivity contribution in [1.29, 1.82) is 0 Å². The molecule has 0 saturated carbocycles. The molecule has 2 aromatic carbocycles. The highest BCUT2D eigenvalue weighted by Gasteiger charge is 2.34. The molecule has 0 aliphatic heterocycles. The normalized spacial score (nSPS) is 13.8. The highest BCUT2D eigenvalue weighted by atomic mass is 35.5. The Balaban J connectivity index is 2.08. The molecule has 1 heterocycles. The molecule has 13 heteroatoms. The van der Waals surface area contributed by atoms with E-state index in [1.165, 1.54) is 19.1 Å². The zero-order chi connectivity index (χ0) is 25.2. The number of alkyl halides is 2. The zero-order valence-corrected chi connectivity index (χ0v) is 19.8. The van der Waals surface area contributed by atoms with Gasteiger partial charge in [0, 0.05) is 17.0 Å². The largest absolute Gasteiger partial charge is 0.486 e. The molecule has 3 rings (SSSR count). The summed E-state index contributed by atoms with van der Waals surface area (Å²) in [5.41, 5.74) is 1.51. The van der Waals surface area contributed by atoms with Crippen molar-refractivity contribution in [2.75, 3.05) is 6.61 Å². The van der Waals surface area contributed by atoms with Crippen LogP contribution in [0.3, 0.4) is 0 Å². The molecule has 0 spiro atoms. The minimum absolute atomic E-state index is 0.0592.